The van der Waals surface area contributed by atoms with Crippen molar-refractivity contribution in [3.8, 4) is 11.3 Å². The molecular formula is C34H40N4O3S. The molecule has 220 valence electrons. The van der Waals surface area contributed by atoms with Crippen LogP contribution in [0.4, 0.5) is 11.5 Å². The molecule has 7 nitrogen and oxygen atoms in total. The standard InChI is InChI=1S/C34H40N4O3S/c1-6-20-38(24-27-12-8-7-9-13-27)32-23-28(35-33(39)21-26-18-16-25(2)17-19-26)22-30(36-32)29-14-10-11-15-31(29)42(40,41)37-34(3,4)5/h7-19,22-23,37H,6,20-21,24H2,1-5H3,(H,35,36,39). The molecule has 4 aromatic rings. The van der Waals surface area contributed by atoms with E-state index in [4.69, 9.17) is 4.98 Å². The third-order valence-corrected chi connectivity index (χ3v) is 8.32. The Hall–Kier alpha value is -4.01. The van der Waals surface area contributed by atoms with E-state index in [1.54, 1.807) is 51.1 Å². The Bertz CT molecular complexity index is 1610. The van der Waals surface area contributed by atoms with E-state index >= 15 is 0 Å². The van der Waals surface area contributed by atoms with Crippen molar-refractivity contribution >= 4 is 27.4 Å². The number of sulfonamides is 1. The smallest absolute Gasteiger partial charge is 0.241 e. The highest BCUT2D eigenvalue weighted by atomic mass is 32.2. The molecule has 0 unspecified atom stereocenters. The molecule has 0 saturated heterocycles. The number of pyridine rings is 1. The lowest BCUT2D eigenvalue weighted by Gasteiger charge is -2.25. The van der Waals surface area contributed by atoms with E-state index in [0.29, 0.717) is 29.3 Å². The summed E-state index contributed by atoms with van der Waals surface area (Å²) >= 11 is 0. The molecule has 8 heteroatoms. The molecule has 1 aromatic heterocycles. The lowest BCUT2D eigenvalue weighted by Crippen LogP contribution is -2.40. The van der Waals surface area contributed by atoms with Crippen molar-refractivity contribution in [1.29, 1.82) is 0 Å². The zero-order valence-electron chi connectivity index (χ0n) is 25.0. The number of aryl methyl sites for hydroxylation is 1. The minimum absolute atomic E-state index is 0.131. The summed E-state index contributed by atoms with van der Waals surface area (Å²) in [6, 6.07) is 28.4. The number of hydrogen-bond acceptors (Lipinski definition) is 5. The first-order valence-corrected chi connectivity index (χ1v) is 15.7. The summed E-state index contributed by atoms with van der Waals surface area (Å²) in [5.74, 6) is 0.488. The zero-order valence-corrected chi connectivity index (χ0v) is 25.8. The maximum atomic E-state index is 13.5. The van der Waals surface area contributed by atoms with Gasteiger partial charge in [0, 0.05) is 35.9 Å². The van der Waals surface area contributed by atoms with Gasteiger partial charge < -0.3 is 10.2 Å². The van der Waals surface area contributed by atoms with Crippen molar-refractivity contribution in [2.75, 3.05) is 16.8 Å². The number of hydrogen-bond donors (Lipinski definition) is 2. The van der Waals surface area contributed by atoms with Gasteiger partial charge in [0.05, 0.1) is 17.0 Å². The first-order valence-electron chi connectivity index (χ1n) is 14.2. The molecule has 0 aliphatic heterocycles. The number of carbonyl (C=O) groups excluding carboxylic acids is 1. The predicted octanol–water partition coefficient (Wildman–Crippen LogP) is 6.73. The lowest BCUT2D eigenvalue weighted by molar-refractivity contribution is -0.115. The average Bonchev–Trinajstić information content (AvgIpc) is 2.93. The Labute approximate surface area is 250 Å². The van der Waals surface area contributed by atoms with Crippen LogP contribution in [0.3, 0.4) is 0 Å². The lowest BCUT2D eigenvalue weighted by atomic mass is 10.1. The molecule has 0 radical (unpaired) electrons. The number of aromatic nitrogens is 1. The maximum absolute atomic E-state index is 13.5. The van der Waals surface area contributed by atoms with E-state index in [0.717, 1.165) is 29.7 Å². The first kappa shape index (κ1) is 30.9. The Morgan fingerprint density at radius 3 is 2.21 bits per heavy atom. The summed E-state index contributed by atoms with van der Waals surface area (Å²) in [6.45, 7) is 10.9. The van der Waals surface area contributed by atoms with E-state index in [-0.39, 0.29) is 17.2 Å². The molecule has 3 aromatic carbocycles. The van der Waals surface area contributed by atoms with Gasteiger partial charge in [-0.3, -0.25) is 4.79 Å². The van der Waals surface area contributed by atoms with Crippen molar-refractivity contribution in [2.45, 2.75) is 64.4 Å². The van der Waals surface area contributed by atoms with Crippen LogP contribution in [0.25, 0.3) is 11.3 Å². The fourth-order valence-electron chi connectivity index (χ4n) is 4.70. The molecule has 0 fully saturated rings. The van der Waals surface area contributed by atoms with Gasteiger partial charge in [-0.05, 0) is 57.4 Å². The minimum Gasteiger partial charge on any atom is -0.352 e. The summed E-state index contributed by atoms with van der Waals surface area (Å²) in [6.07, 6.45) is 1.10. The first-order chi connectivity index (χ1) is 19.9. The molecule has 0 aliphatic carbocycles. The Kier molecular flexibility index (Phi) is 9.81. The van der Waals surface area contributed by atoms with Crippen LogP contribution in [-0.4, -0.2) is 31.4 Å². The normalized spacial score (nSPS) is 11.7. The Morgan fingerprint density at radius 2 is 1.55 bits per heavy atom. The second-order valence-electron chi connectivity index (χ2n) is 11.6. The highest BCUT2D eigenvalue weighted by Crippen LogP contribution is 2.32. The summed E-state index contributed by atoms with van der Waals surface area (Å²) < 4.78 is 29.7. The fourth-order valence-corrected chi connectivity index (χ4v) is 6.34. The van der Waals surface area contributed by atoms with Crippen LogP contribution in [-0.2, 0) is 27.8 Å². The van der Waals surface area contributed by atoms with E-state index < -0.39 is 15.6 Å². The van der Waals surface area contributed by atoms with Gasteiger partial charge in [-0.2, -0.15) is 0 Å². The summed E-state index contributed by atoms with van der Waals surface area (Å²) in [4.78, 5) is 20.4. The highest BCUT2D eigenvalue weighted by Gasteiger charge is 2.26. The van der Waals surface area contributed by atoms with Gasteiger partial charge in [-0.15, -0.1) is 0 Å². The molecule has 0 aliphatic rings. The van der Waals surface area contributed by atoms with Gasteiger partial charge in [-0.1, -0.05) is 85.3 Å². The molecule has 1 amide bonds. The van der Waals surface area contributed by atoms with Crippen LogP contribution < -0.4 is 14.9 Å². The van der Waals surface area contributed by atoms with Crippen molar-refractivity contribution < 1.29 is 13.2 Å². The SMILES string of the molecule is CCCN(Cc1ccccc1)c1cc(NC(=O)Cc2ccc(C)cc2)cc(-c2ccccc2S(=O)(=O)NC(C)(C)C)n1. The minimum atomic E-state index is -3.86. The Morgan fingerprint density at radius 1 is 0.881 bits per heavy atom. The number of amides is 1. The van der Waals surface area contributed by atoms with Crippen LogP contribution in [0.2, 0.25) is 0 Å². The second kappa shape index (κ2) is 13.3. The number of rotatable bonds is 11. The van der Waals surface area contributed by atoms with Gasteiger partial charge in [0.1, 0.15) is 5.82 Å². The van der Waals surface area contributed by atoms with Crippen LogP contribution in [0, 0.1) is 6.92 Å². The largest absolute Gasteiger partial charge is 0.352 e. The number of benzene rings is 3. The monoisotopic (exact) mass is 584 g/mol. The Balaban J connectivity index is 1.78. The third-order valence-electron chi connectivity index (χ3n) is 6.51. The van der Waals surface area contributed by atoms with Gasteiger partial charge in [0.25, 0.3) is 0 Å². The molecule has 0 saturated carbocycles. The number of nitrogens with one attached hydrogen (secondary N) is 2. The van der Waals surface area contributed by atoms with E-state index in [1.165, 1.54) is 0 Å². The average molecular weight is 585 g/mol. The van der Waals surface area contributed by atoms with Crippen LogP contribution >= 0.6 is 0 Å². The van der Waals surface area contributed by atoms with Crippen molar-refractivity contribution in [3.63, 3.8) is 0 Å². The number of carbonyl (C=O) groups is 1. The molecular weight excluding hydrogens is 544 g/mol. The van der Waals surface area contributed by atoms with Crippen LogP contribution in [0.5, 0.6) is 0 Å². The van der Waals surface area contributed by atoms with Gasteiger partial charge in [0.15, 0.2) is 0 Å². The van der Waals surface area contributed by atoms with Gasteiger partial charge in [-0.25, -0.2) is 18.1 Å². The topological polar surface area (TPSA) is 91.4 Å². The van der Waals surface area contributed by atoms with Crippen LogP contribution in [0.15, 0.2) is 95.9 Å². The quantitative estimate of drug-likeness (QED) is 0.204. The molecule has 1 heterocycles. The van der Waals surface area contributed by atoms with E-state index in [9.17, 15) is 13.2 Å². The fraction of sp³-hybridized carbons (Fsp3) is 0.294. The van der Waals surface area contributed by atoms with Gasteiger partial charge >= 0.3 is 0 Å². The van der Waals surface area contributed by atoms with Gasteiger partial charge in [0.2, 0.25) is 15.9 Å². The highest BCUT2D eigenvalue weighted by molar-refractivity contribution is 7.89. The summed E-state index contributed by atoms with van der Waals surface area (Å²) in [5, 5.41) is 3.04. The molecule has 0 atom stereocenters. The molecule has 0 spiro atoms. The van der Waals surface area contributed by atoms with E-state index in [1.807, 2.05) is 55.5 Å². The zero-order chi connectivity index (χ0) is 30.3. The summed E-state index contributed by atoms with van der Waals surface area (Å²) in [5.41, 5.74) is 3.98. The van der Waals surface area contributed by atoms with E-state index in [2.05, 4.69) is 34.0 Å². The van der Waals surface area contributed by atoms with Crippen molar-refractivity contribution in [2.24, 2.45) is 0 Å². The number of anilines is 2. The molecule has 0 bridgehead atoms. The summed E-state index contributed by atoms with van der Waals surface area (Å²) in [7, 11) is -3.86. The predicted molar refractivity (Wildman–Crippen MR) is 171 cm³/mol. The number of nitrogens with zero attached hydrogens (tertiary/aromatic N) is 2. The van der Waals surface area contributed by atoms with Crippen molar-refractivity contribution in [1.82, 2.24) is 9.71 Å². The molecule has 42 heavy (non-hydrogen) atoms. The molecule has 4 rings (SSSR count). The second-order valence-corrected chi connectivity index (χ2v) is 13.2. The molecule has 2 N–H and O–H groups in total. The third kappa shape index (κ3) is 8.50. The van der Waals surface area contributed by atoms with Crippen molar-refractivity contribution in [3.05, 3.63) is 108 Å². The maximum Gasteiger partial charge on any atom is 0.241 e. The van der Waals surface area contributed by atoms with Crippen LogP contribution in [0.1, 0.15) is 50.8 Å².